The second-order valence-electron chi connectivity index (χ2n) is 17.3. The summed E-state index contributed by atoms with van der Waals surface area (Å²) in [6, 6.07) is 44.5. The van der Waals surface area contributed by atoms with Crippen molar-refractivity contribution in [1.82, 2.24) is 0 Å². The Labute approximate surface area is 387 Å². The molecule has 0 aromatic heterocycles. The van der Waals surface area contributed by atoms with Crippen LogP contribution in [0.25, 0.3) is 0 Å². The topological polar surface area (TPSA) is 43.6 Å². The zero-order valence-electron chi connectivity index (χ0n) is 35.3. The molecule has 1 atom stereocenters. The third-order valence-corrected chi connectivity index (χ3v) is 15.5. The number of amides is 2. The van der Waals surface area contributed by atoms with E-state index in [2.05, 4.69) is 117 Å². The van der Waals surface area contributed by atoms with E-state index in [1.807, 2.05) is 88.7 Å². The standard InChI is InChI=1S/C54H44Cl2N3O2S2/c1-53(2)38-18-9-8-16-36(38)37(32-51(60)58-42-21-12-14-23-46(42)62-48-28-26-34(55)30-44(48)58)39(53)17-6-5-7-25-50-54(3,4)40-19-10-11-20-41(40)57(50)33-52(61)59-43-22-13-15-24-47(43)63-49-29-27-35(56)31-45(49)59/h5-31,37H,32-33H2,1-4H3/q+1/b6-5+,25-7+,39-17-. The Morgan fingerprint density at radius 2 is 1.14 bits per heavy atom. The summed E-state index contributed by atoms with van der Waals surface area (Å²) < 4.78 is 2.16. The van der Waals surface area contributed by atoms with E-state index in [0.717, 1.165) is 53.7 Å². The molecule has 3 aliphatic heterocycles. The number of rotatable bonds is 7. The molecule has 0 radical (unpaired) electrons. The normalized spacial score (nSPS) is 18.3. The molecule has 4 aliphatic rings. The lowest BCUT2D eigenvalue weighted by Gasteiger charge is -2.32. The Morgan fingerprint density at radius 3 is 1.79 bits per heavy atom. The lowest BCUT2D eigenvalue weighted by atomic mass is 9.80. The minimum Gasteiger partial charge on any atom is -0.279 e. The Morgan fingerprint density at radius 1 is 0.603 bits per heavy atom. The number of fused-ring (bicyclic) bond motifs is 6. The maximum absolute atomic E-state index is 14.8. The predicted octanol–water partition coefficient (Wildman–Crippen LogP) is 14.5. The van der Waals surface area contributed by atoms with Gasteiger partial charge in [-0.25, -0.2) is 0 Å². The van der Waals surface area contributed by atoms with Gasteiger partial charge in [-0.2, -0.15) is 4.58 Å². The molecule has 2 amide bonds. The van der Waals surface area contributed by atoms with E-state index >= 15 is 0 Å². The van der Waals surface area contributed by atoms with Gasteiger partial charge in [-0.3, -0.25) is 19.4 Å². The van der Waals surface area contributed by atoms with Crippen molar-refractivity contribution in [2.45, 2.75) is 70.4 Å². The van der Waals surface area contributed by atoms with Crippen LogP contribution in [0.4, 0.5) is 28.4 Å². The van der Waals surface area contributed by atoms with Gasteiger partial charge in [0.1, 0.15) is 0 Å². The number of hydrogen-bond donors (Lipinski definition) is 0. The summed E-state index contributed by atoms with van der Waals surface area (Å²) in [6.45, 7) is 9.08. The molecule has 0 spiro atoms. The molecule has 0 fully saturated rings. The van der Waals surface area contributed by atoms with Crippen molar-refractivity contribution in [3.8, 4) is 0 Å². The van der Waals surface area contributed by atoms with Gasteiger partial charge in [0.2, 0.25) is 18.1 Å². The van der Waals surface area contributed by atoms with Gasteiger partial charge < -0.3 is 0 Å². The summed E-state index contributed by atoms with van der Waals surface area (Å²) in [5.41, 5.74) is 9.47. The fourth-order valence-electron chi connectivity index (χ4n) is 9.82. The van der Waals surface area contributed by atoms with Crippen LogP contribution in [0, 0.1) is 0 Å². The highest BCUT2D eigenvalue weighted by atomic mass is 35.5. The average Bonchev–Trinajstić information content (AvgIpc) is 3.62. The van der Waals surface area contributed by atoms with Gasteiger partial charge in [-0.05, 0) is 85.6 Å². The number of hydrogen-bond acceptors (Lipinski definition) is 4. The van der Waals surface area contributed by atoms with Crippen molar-refractivity contribution >= 4 is 92.7 Å². The molecule has 0 saturated carbocycles. The van der Waals surface area contributed by atoms with E-state index in [-0.39, 0.29) is 35.1 Å². The van der Waals surface area contributed by atoms with Crippen LogP contribution in [0.3, 0.4) is 0 Å². The van der Waals surface area contributed by atoms with E-state index < -0.39 is 0 Å². The van der Waals surface area contributed by atoms with Crippen LogP contribution in [0.5, 0.6) is 0 Å². The molecule has 1 unspecified atom stereocenters. The Bertz CT molecular complexity index is 3020. The lowest BCUT2D eigenvalue weighted by Crippen LogP contribution is -2.36. The highest BCUT2D eigenvalue weighted by Gasteiger charge is 2.46. The summed E-state index contributed by atoms with van der Waals surface area (Å²) >= 11 is 16.4. The molecular weight excluding hydrogens is 858 g/mol. The molecule has 5 nitrogen and oxygen atoms in total. The van der Waals surface area contributed by atoms with Crippen LogP contribution >= 0.6 is 46.7 Å². The zero-order chi connectivity index (χ0) is 43.6. The number of nitrogens with zero attached hydrogens (tertiary/aromatic N) is 3. The molecular formula is C54H44Cl2N3O2S2+. The van der Waals surface area contributed by atoms with Gasteiger partial charge in [-0.15, -0.1) is 0 Å². The number of halogens is 2. The number of carbonyl (C=O) groups is 2. The fourth-order valence-corrected chi connectivity index (χ4v) is 12.2. The van der Waals surface area contributed by atoms with Gasteiger partial charge in [-0.1, -0.05) is 157 Å². The zero-order valence-corrected chi connectivity index (χ0v) is 38.5. The average molecular weight is 902 g/mol. The molecule has 1 aliphatic carbocycles. The van der Waals surface area contributed by atoms with Crippen LogP contribution in [-0.4, -0.2) is 28.6 Å². The van der Waals surface area contributed by atoms with Crippen molar-refractivity contribution < 1.29 is 14.2 Å². The highest BCUT2D eigenvalue weighted by Crippen LogP contribution is 2.54. The van der Waals surface area contributed by atoms with Crippen molar-refractivity contribution in [3.05, 3.63) is 196 Å². The van der Waals surface area contributed by atoms with Crippen LogP contribution in [-0.2, 0) is 20.4 Å². The molecule has 0 N–H and O–H groups in total. The quantitative estimate of drug-likeness (QED) is 0.118. The monoisotopic (exact) mass is 900 g/mol. The Kier molecular flexibility index (Phi) is 10.7. The number of anilines is 4. The maximum atomic E-state index is 14.8. The number of carbonyl (C=O) groups excluding carboxylic acids is 2. The molecule has 3 heterocycles. The summed E-state index contributed by atoms with van der Waals surface area (Å²) in [7, 11) is 0. The number of para-hydroxylation sites is 3. The maximum Gasteiger partial charge on any atom is 0.297 e. The first-order valence-corrected chi connectivity index (χ1v) is 23.5. The van der Waals surface area contributed by atoms with E-state index in [4.69, 9.17) is 23.2 Å². The fraction of sp³-hybridized carbons (Fsp3) is 0.167. The van der Waals surface area contributed by atoms with Gasteiger partial charge in [0.15, 0.2) is 5.71 Å². The Balaban J connectivity index is 0.976. The van der Waals surface area contributed by atoms with Gasteiger partial charge >= 0.3 is 0 Å². The minimum atomic E-state index is -0.370. The minimum absolute atomic E-state index is 0.0194. The van der Waals surface area contributed by atoms with Crippen LogP contribution in [0.1, 0.15) is 56.7 Å². The number of allylic oxidation sites excluding steroid dienone is 6. The largest absolute Gasteiger partial charge is 0.297 e. The first-order valence-electron chi connectivity index (χ1n) is 21.1. The molecule has 0 saturated heterocycles. The van der Waals surface area contributed by atoms with Crippen LogP contribution < -0.4 is 9.80 Å². The van der Waals surface area contributed by atoms with Crippen LogP contribution in [0.15, 0.2) is 189 Å². The molecule has 6 aromatic carbocycles. The SMILES string of the molecule is CC1(C)C(/C=C/C=C/C=C2/C(CC(=O)N3c4ccccc4Sc4ccc(Cl)cc43)c3ccccc3C2(C)C)=[N+](CC(=O)N2c3ccccc3Sc3ccc(Cl)cc32)c2ccccc21. The predicted molar refractivity (Wildman–Crippen MR) is 261 cm³/mol. The van der Waals surface area contributed by atoms with Gasteiger partial charge in [0.25, 0.3) is 5.91 Å². The molecule has 63 heavy (non-hydrogen) atoms. The van der Waals surface area contributed by atoms with Crippen molar-refractivity contribution in [3.63, 3.8) is 0 Å². The second-order valence-corrected chi connectivity index (χ2v) is 20.3. The van der Waals surface area contributed by atoms with Crippen molar-refractivity contribution in [1.29, 1.82) is 0 Å². The lowest BCUT2D eigenvalue weighted by molar-refractivity contribution is -0.424. The molecule has 9 heteroatoms. The van der Waals surface area contributed by atoms with Crippen LogP contribution in [0.2, 0.25) is 10.0 Å². The Hall–Kier alpha value is -5.57. The van der Waals surface area contributed by atoms with Gasteiger partial charge in [0.05, 0.1) is 28.2 Å². The summed E-state index contributed by atoms with van der Waals surface area (Å²) in [5.74, 6) is -0.155. The third kappa shape index (κ3) is 7.20. The summed E-state index contributed by atoms with van der Waals surface area (Å²) in [4.78, 5) is 37.2. The van der Waals surface area contributed by atoms with Gasteiger partial charge in [0, 0.05) is 65.1 Å². The second kappa shape index (κ2) is 16.2. The molecule has 312 valence electrons. The van der Waals surface area contributed by atoms with E-state index in [1.54, 1.807) is 23.5 Å². The van der Waals surface area contributed by atoms with Crippen molar-refractivity contribution in [2.24, 2.45) is 0 Å². The van der Waals surface area contributed by atoms with E-state index in [1.165, 1.54) is 22.3 Å². The van der Waals surface area contributed by atoms with Crippen molar-refractivity contribution in [2.75, 3.05) is 16.3 Å². The highest BCUT2D eigenvalue weighted by molar-refractivity contribution is 8.00. The van der Waals surface area contributed by atoms with E-state index in [9.17, 15) is 9.59 Å². The first-order chi connectivity index (χ1) is 30.4. The summed E-state index contributed by atoms with van der Waals surface area (Å²) in [6.07, 6.45) is 10.8. The smallest absolute Gasteiger partial charge is 0.279 e. The van der Waals surface area contributed by atoms with E-state index in [0.29, 0.717) is 16.5 Å². The molecule has 10 rings (SSSR count). The number of benzene rings is 6. The summed E-state index contributed by atoms with van der Waals surface area (Å²) in [5, 5.41) is 1.18. The first kappa shape index (κ1) is 41.4. The molecule has 0 bridgehead atoms. The third-order valence-electron chi connectivity index (χ3n) is 12.8. The molecule has 6 aromatic rings.